The predicted octanol–water partition coefficient (Wildman–Crippen LogP) is 2.47. The van der Waals surface area contributed by atoms with Crippen LogP contribution < -0.4 is 4.74 Å². The van der Waals surface area contributed by atoms with Crippen LogP contribution in [0.5, 0.6) is 5.75 Å². The highest BCUT2D eigenvalue weighted by Crippen LogP contribution is 2.16. The molecule has 0 unspecified atom stereocenters. The van der Waals surface area contributed by atoms with Crippen molar-refractivity contribution in [2.24, 2.45) is 0 Å². The zero-order valence-corrected chi connectivity index (χ0v) is 12.3. The average molecular weight is 284 g/mol. The van der Waals surface area contributed by atoms with Gasteiger partial charge in [0.05, 0.1) is 13.7 Å². The van der Waals surface area contributed by atoms with Gasteiger partial charge in [-0.1, -0.05) is 12.1 Å². The Morgan fingerprint density at radius 1 is 1.19 bits per heavy atom. The van der Waals surface area contributed by atoms with Gasteiger partial charge in [-0.2, -0.15) is 0 Å². The number of amides is 1. The summed E-state index contributed by atoms with van der Waals surface area (Å²) in [5.74, 6) is 1.08. The van der Waals surface area contributed by atoms with Gasteiger partial charge in [-0.05, 0) is 36.2 Å². The Morgan fingerprint density at radius 2 is 2.00 bits per heavy atom. The molecule has 110 valence electrons. The summed E-state index contributed by atoms with van der Waals surface area (Å²) < 4.78 is 7.35. The maximum Gasteiger partial charge on any atom is 0.223 e. The van der Waals surface area contributed by atoms with Crippen molar-refractivity contribution < 1.29 is 9.53 Å². The minimum Gasteiger partial charge on any atom is -0.497 e. The molecule has 4 heteroatoms. The first-order chi connectivity index (χ1) is 10.3. The molecular weight excluding hydrogens is 264 g/mol. The van der Waals surface area contributed by atoms with Crippen molar-refractivity contribution in [3.05, 3.63) is 53.9 Å². The minimum absolute atomic E-state index is 0.235. The molecule has 1 aromatic heterocycles. The number of aryl methyl sites for hydroxylation is 1. The lowest BCUT2D eigenvalue weighted by atomic mass is 10.1. The second-order valence-electron chi connectivity index (χ2n) is 5.36. The molecule has 0 saturated heterocycles. The van der Waals surface area contributed by atoms with Crippen molar-refractivity contribution in [3.8, 4) is 5.75 Å². The molecule has 0 aliphatic carbocycles. The van der Waals surface area contributed by atoms with Crippen molar-refractivity contribution in [1.82, 2.24) is 9.47 Å². The van der Waals surface area contributed by atoms with E-state index in [1.165, 1.54) is 11.3 Å². The maximum atomic E-state index is 12.3. The summed E-state index contributed by atoms with van der Waals surface area (Å²) in [6.07, 6.45) is 3.42. The quantitative estimate of drug-likeness (QED) is 0.864. The fourth-order valence-corrected chi connectivity index (χ4v) is 2.73. The monoisotopic (exact) mass is 284 g/mol. The van der Waals surface area contributed by atoms with Gasteiger partial charge >= 0.3 is 0 Å². The molecule has 1 aromatic carbocycles. The summed E-state index contributed by atoms with van der Waals surface area (Å²) in [7, 11) is 1.66. The Balaban J connectivity index is 1.54. The molecule has 0 radical (unpaired) electrons. The van der Waals surface area contributed by atoms with Gasteiger partial charge in [0, 0.05) is 31.4 Å². The maximum absolute atomic E-state index is 12.3. The van der Waals surface area contributed by atoms with Crippen LogP contribution in [0.3, 0.4) is 0 Å². The molecule has 1 aliphatic heterocycles. The van der Waals surface area contributed by atoms with Crippen LogP contribution in [0.25, 0.3) is 0 Å². The van der Waals surface area contributed by atoms with Crippen LogP contribution in [0.1, 0.15) is 17.7 Å². The van der Waals surface area contributed by atoms with E-state index in [0.29, 0.717) is 6.42 Å². The Labute approximate surface area is 124 Å². The molecule has 0 fully saturated rings. The van der Waals surface area contributed by atoms with Crippen LogP contribution >= 0.6 is 0 Å². The first-order valence-corrected chi connectivity index (χ1v) is 7.31. The summed E-state index contributed by atoms with van der Waals surface area (Å²) in [6.45, 7) is 2.44. The van der Waals surface area contributed by atoms with E-state index in [9.17, 15) is 4.79 Å². The van der Waals surface area contributed by atoms with Crippen LogP contribution in [0.15, 0.2) is 42.6 Å². The molecule has 1 amide bonds. The van der Waals surface area contributed by atoms with Crippen molar-refractivity contribution >= 4 is 5.91 Å². The van der Waals surface area contributed by atoms with Crippen molar-refractivity contribution in [3.63, 3.8) is 0 Å². The van der Waals surface area contributed by atoms with Gasteiger partial charge in [-0.3, -0.25) is 4.79 Å². The van der Waals surface area contributed by atoms with E-state index in [1.54, 1.807) is 7.11 Å². The summed E-state index contributed by atoms with van der Waals surface area (Å²) in [6, 6.07) is 12.0. The zero-order chi connectivity index (χ0) is 14.7. The van der Waals surface area contributed by atoms with Gasteiger partial charge in [0.1, 0.15) is 5.75 Å². The minimum atomic E-state index is 0.235. The highest BCUT2D eigenvalue weighted by Gasteiger charge is 2.19. The third-order valence-corrected chi connectivity index (χ3v) is 4.03. The van der Waals surface area contributed by atoms with E-state index in [2.05, 4.69) is 16.8 Å². The molecule has 1 aliphatic rings. The SMILES string of the molecule is COc1ccc(CCC(=O)N2CCn3cccc3C2)cc1. The number of fused-ring (bicyclic) bond motifs is 1. The lowest BCUT2D eigenvalue weighted by molar-refractivity contribution is -0.132. The van der Waals surface area contributed by atoms with Crippen molar-refractivity contribution in [2.45, 2.75) is 25.9 Å². The topological polar surface area (TPSA) is 34.5 Å². The number of methoxy groups -OCH3 is 1. The molecule has 0 saturated carbocycles. The Bertz CT molecular complexity index is 616. The third kappa shape index (κ3) is 3.10. The van der Waals surface area contributed by atoms with E-state index < -0.39 is 0 Å². The molecule has 0 bridgehead atoms. The predicted molar refractivity (Wildman–Crippen MR) is 81.2 cm³/mol. The van der Waals surface area contributed by atoms with Gasteiger partial charge in [0.2, 0.25) is 5.91 Å². The first kappa shape index (κ1) is 13.7. The van der Waals surface area contributed by atoms with E-state index >= 15 is 0 Å². The Hall–Kier alpha value is -2.23. The van der Waals surface area contributed by atoms with Crippen LogP contribution in [0.2, 0.25) is 0 Å². The standard InChI is InChI=1S/C17H20N2O2/c1-21-16-7-4-14(5-8-16)6-9-17(20)19-12-11-18-10-2-3-15(18)13-19/h2-5,7-8,10H,6,9,11-13H2,1H3. The fourth-order valence-electron chi connectivity index (χ4n) is 2.73. The van der Waals surface area contributed by atoms with Crippen LogP contribution in [-0.4, -0.2) is 29.0 Å². The molecule has 21 heavy (non-hydrogen) atoms. The van der Waals surface area contributed by atoms with Gasteiger partial charge in [-0.15, -0.1) is 0 Å². The Kier molecular flexibility index (Phi) is 3.95. The largest absolute Gasteiger partial charge is 0.497 e. The first-order valence-electron chi connectivity index (χ1n) is 7.31. The number of carbonyl (C=O) groups is 1. The number of rotatable bonds is 4. The van der Waals surface area contributed by atoms with E-state index in [-0.39, 0.29) is 5.91 Å². The van der Waals surface area contributed by atoms with Crippen LogP contribution in [0.4, 0.5) is 0 Å². The zero-order valence-electron chi connectivity index (χ0n) is 12.3. The average Bonchev–Trinajstić information content (AvgIpc) is 3.00. The summed E-state index contributed by atoms with van der Waals surface area (Å²) >= 11 is 0. The molecule has 0 atom stereocenters. The van der Waals surface area contributed by atoms with Crippen molar-refractivity contribution in [1.29, 1.82) is 0 Å². The number of hydrogen-bond donors (Lipinski definition) is 0. The number of carbonyl (C=O) groups excluding carboxylic acids is 1. The molecule has 0 N–H and O–H groups in total. The smallest absolute Gasteiger partial charge is 0.223 e. The van der Waals surface area contributed by atoms with Crippen LogP contribution in [-0.2, 0) is 24.3 Å². The molecular formula is C17H20N2O2. The van der Waals surface area contributed by atoms with E-state index in [4.69, 9.17) is 4.74 Å². The van der Waals surface area contributed by atoms with Crippen molar-refractivity contribution in [2.75, 3.05) is 13.7 Å². The molecule has 3 rings (SSSR count). The van der Waals surface area contributed by atoms with Gasteiger partial charge in [0.15, 0.2) is 0 Å². The second-order valence-corrected chi connectivity index (χ2v) is 5.36. The highest BCUT2D eigenvalue weighted by molar-refractivity contribution is 5.76. The second kappa shape index (κ2) is 6.04. The molecule has 4 nitrogen and oxygen atoms in total. The molecule has 0 spiro atoms. The number of ether oxygens (including phenoxy) is 1. The lowest BCUT2D eigenvalue weighted by Gasteiger charge is -2.28. The Morgan fingerprint density at radius 3 is 2.76 bits per heavy atom. The number of aromatic nitrogens is 1. The normalized spacial score (nSPS) is 13.9. The van der Waals surface area contributed by atoms with E-state index in [1.807, 2.05) is 35.2 Å². The summed E-state index contributed by atoms with van der Waals surface area (Å²) in [5.41, 5.74) is 2.39. The third-order valence-electron chi connectivity index (χ3n) is 4.03. The van der Waals surface area contributed by atoms with Gasteiger partial charge < -0.3 is 14.2 Å². The number of benzene rings is 1. The summed E-state index contributed by atoms with van der Waals surface area (Å²) in [5, 5.41) is 0. The molecule has 2 heterocycles. The van der Waals surface area contributed by atoms with Gasteiger partial charge in [-0.25, -0.2) is 0 Å². The number of nitrogens with zero attached hydrogens (tertiary/aromatic N) is 2. The summed E-state index contributed by atoms with van der Waals surface area (Å²) in [4.78, 5) is 14.3. The molecule has 2 aromatic rings. The van der Waals surface area contributed by atoms with E-state index in [0.717, 1.165) is 31.8 Å². The van der Waals surface area contributed by atoms with Gasteiger partial charge in [0.25, 0.3) is 0 Å². The number of hydrogen-bond acceptors (Lipinski definition) is 2. The highest BCUT2D eigenvalue weighted by atomic mass is 16.5. The lowest BCUT2D eigenvalue weighted by Crippen LogP contribution is -2.37. The fraction of sp³-hybridized carbons (Fsp3) is 0.353. The van der Waals surface area contributed by atoms with Crippen LogP contribution in [0, 0.1) is 0 Å².